The highest BCUT2D eigenvalue weighted by Gasteiger charge is 2.24. The van der Waals surface area contributed by atoms with E-state index in [1.54, 1.807) is 0 Å². The van der Waals surface area contributed by atoms with E-state index in [-0.39, 0.29) is 0 Å². The molecule has 0 heterocycles. The molecular formula is C12H25N. The zero-order valence-corrected chi connectivity index (χ0v) is 9.42. The van der Waals surface area contributed by atoms with Crippen molar-refractivity contribution in [1.82, 2.24) is 0 Å². The first-order valence-electron chi connectivity index (χ1n) is 5.85. The molecule has 1 saturated carbocycles. The van der Waals surface area contributed by atoms with Gasteiger partial charge in [0.25, 0.3) is 0 Å². The molecule has 0 amide bonds. The smallest absolute Gasteiger partial charge is 0.00131 e. The Bertz CT molecular complexity index is 142. The van der Waals surface area contributed by atoms with Gasteiger partial charge in [-0.1, -0.05) is 33.1 Å². The lowest BCUT2D eigenvalue weighted by Gasteiger charge is -2.32. The molecule has 0 spiro atoms. The second kappa shape index (κ2) is 4.99. The van der Waals surface area contributed by atoms with E-state index in [4.69, 9.17) is 5.73 Å². The fourth-order valence-electron chi connectivity index (χ4n) is 2.78. The summed E-state index contributed by atoms with van der Waals surface area (Å²) in [5.74, 6) is 2.74. The summed E-state index contributed by atoms with van der Waals surface area (Å²) in [6.07, 6.45) is 6.97. The zero-order valence-electron chi connectivity index (χ0n) is 9.42. The zero-order chi connectivity index (χ0) is 9.84. The van der Waals surface area contributed by atoms with E-state index in [1.807, 2.05) is 0 Å². The predicted molar refractivity (Wildman–Crippen MR) is 58.6 cm³/mol. The monoisotopic (exact) mass is 183 g/mol. The molecule has 1 aliphatic carbocycles. The van der Waals surface area contributed by atoms with Crippen LogP contribution in [-0.4, -0.2) is 6.04 Å². The average molecular weight is 183 g/mol. The van der Waals surface area contributed by atoms with Crippen molar-refractivity contribution >= 4 is 0 Å². The van der Waals surface area contributed by atoms with Gasteiger partial charge >= 0.3 is 0 Å². The first kappa shape index (κ1) is 11.0. The largest absolute Gasteiger partial charge is 0.328 e. The van der Waals surface area contributed by atoms with Gasteiger partial charge in [-0.2, -0.15) is 0 Å². The van der Waals surface area contributed by atoms with Gasteiger partial charge in [0, 0.05) is 6.04 Å². The van der Waals surface area contributed by atoms with Crippen LogP contribution in [-0.2, 0) is 0 Å². The Morgan fingerprint density at radius 3 is 2.54 bits per heavy atom. The quantitative estimate of drug-likeness (QED) is 0.714. The van der Waals surface area contributed by atoms with Crippen molar-refractivity contribution < 1.29 is 0 Å². The fraction of sp³-hybridized carbons (Fsp3) is 1.00. The summed E-state index contributed by atoms with van der Waals surface area (Å²) in [5.41, 5.74) is 5.83. The molecule has 1 rings (SSSR count). The molecule has 0 bridgehead atoms. The average Bonchev–Trinajstić information content (AvgIpc) is 2.03. The maximum Gasteiger partial charge on any atom is 0.00131 e. The highest BCUT2D eigenvalue weighted by Crippen LogP contribution is 2.34. The Morgan fingerprint density at radius 1 is 1.31 bits per heavy atom. The van der Waals surface area contributed by atoms with E-state index < -0.39 is 0 Å². The maximum atomic E-state index is 5.83. The molecule has 0 saturated heterocycles. The van der Waals surface area contributed by atoms with Gasteiger partial charge in [-0.05, 0) is 37.5 Å². The molecule has 4 unspecified atom stereocenters. The highest BCUT2D eigenvalue weighted by molar-refractivity contribution is 4.76. The van der Waals surface area contributed by atoms with Crippen LogP contribution in [0.15, 0.2) is 0 Å². The lowest BCUT2D eigenvalue weighted by atomic mass is 9.75. The number of hydrogen-bond donors (Lipinski definition) is 1. The Labute approximate surface area is 83.1 Å². The number of rotatable bonds is 3. The molecule has 0 aromatic heterocycles. The minimum atomic E-state index is 0.382. The topological polar surface area (TPSA) is 26.0 Å². The van der Waals surface area contributed by atoms with Crippen LogP contribution in [0.3, 0.4) is 0 Å². The molecular weight excluding hydrogens is 158 g/mol. The summed E-state index contributed by atoms with van der Waals surface area (Å²) < 4.78 is 0. The van der Waals surface area contributed by atoms with Crippen molar-refractivity contribution in [2.75, 3.05) is 0 Å². The Hall–Kier alpha value is -0.0400. The number of hydrogen-bond acceptors (Lipinski definition) is 1. The van der Waals surface area contributed by atoms with E-state index in [0.717, 1.165) is 17.8 Å². The molecule has 0 aromatic carbocycles. The standard InChI is InChI=1S/C12H25N/c1-9-5-4-6-12(7-9)10(2)8-11(3)13/h9-12H,4-8,13H2,1-3H3. The first-order valence-corrected chi connectivity index (χ1v) is 5.85. The molecule has 13 heavy (non-hydrogen) atoms. The maximum absolute atomic E-state index is 5.83. The summed E-state index contributed by atoms with van der Waals surface area (Å²) in [7, 11) is 0. The van der Waals surface area contributed by atoms with Crippen LogP contribution in [0.2, 0.25) is 0 Å². The van der Waals surface area contributed by atoms with Crippen molar-refractivity contribution in [3.05, 3.63) is 0 Å². The van der Waals surface area contributed by atoms with E-state index in [1.165, 1.54) is 32.1 Å². The minimum Gasteiger partial charge on any atom is -0.328 e. The van der Waals surface area contributed by atoms with Crippen LogP contribution < -0.4 is 5.73 Å². The Balaban J connectivity index is 2.32. The van der Waals surface area contributed by atoms with Crippen molar-refractivity contribution in [3.63, 3.8) is 0 Å². The van der Waals surface area contributed by atoms with Crippen LogP contribution in [0.25, 0.3) is 0 Å². The van der Waals surface area contributed by atoms with Crippen LogP contribution in [0.1, 0.15) is 52.9 Å². The minimum absolute atomic E-state index is 0.382. The van der Waals surface area contributed by atoms with Crippen molar-refractivity contribution in [2.24, 2.45) is 23.5 Å². The summed E-state index contributed by atoms with van der Waals surface area (Å²) >= 11 is 0. The van der Waals surface area contributed by atoms with Gasteiger partial charge in [0.2, 0.25) is 0 Å². The van der Waals surface area contributed by atoms with Crippen LogP contribution in [0.5, 0.6) is 0 Å². The molecule has 4 atom stereocenters. The third-order valence-electron chi connectivity index (χ3n) is 3.53. The lowest BCUT2D eigenvalue weighted by molar-refractivity contribution is 0.202. The van der Waals surface area contributed by atoms with E-state index in [2.05, 4.69) is 20.8 Å². The van der Waals surface area contributed by atoms with Crippen LogP contribution >= 0.6 is 0 Å². The molecule has 0 aromatic rings. The Morgan fingerprint density at radius 2 is 2.00 bits per heavy atom. The van der Waals surface area contributed by atoms with E-state index >= 15 is 0 Å². The third-order valence-corrected chi connectivity index (χ3v) is 3.53. The third kappa shape index (κ3) is 3.68. The summed E-state index contributed by atoms with van der Waals surface area (Å²) in [6, 6.07) is 0.382. The molecule has 0 aliphatic heterocycles. The van der Waals surface area contributed by atoms with Gasteiger partial charge in [0.1, 0.15) is 0 Å². The van der Waals surface area contributed by atoms with Crippen molar-refractivity contribution in [1.29, 1.82) is 0 Å². The molecule has 1 heteroatoms. The predicted octanol–water partition coefficient (Wildman–Crippen LogP) is 3.19. The number of nitrogens with two attached hydrogens (primary N) is 1. The molecule has 0 radical (unpaired) electrons. The van der Waals surface area contributed by atoms with Gasteiger partial charge in [-0.25, -0.2) is 0 Å². The molecule has 2 N–H and O–H groups in total. The second-order valence-corrected chi connectivity index (χ2v) is 5.22. The fourth-order valence-corrected chi connectivity index (χ4v) is 2.78. The van der Waals surface area contributed by atoms with E-state index in [0.29, 0.717) is 6.04 Å². The lowest BCUT2D eigenvalue weighted by Crippen LogP contribution is -2.25. The van der Waals surface area contributed by atoms with Gasteiger partial charge in [-0.3, -0.25) is 0 Å². The van der Waals surface area contributed by atoms with Crippen molar-refractivity contribution in [2.45, 2.75) is 58.9 Å². The molecule has 1 fully saturated rings. The van der Waals surface area contributed by atoms with Gasteiger partial charge in [0.05, 0.1) is 0 Å². The summed E-state index contributed by atoms with van der Waals surface area (Å²) in [6.45, 7) is 6.90. The summed E-state index contributed by atoms with van der Waals surface area (Å²) in [5, 5.41) is 0. The summed E-state index contributed by atoms with van der Waals surface area (Å²) in [4.78, 5) is 0. The molecule has 1 aliphatic rings. The van der Waals surface area contributed by atoms with Crippen LogP contribution in [0, 0.1) is 17.8 Å². The van der Waals surface area contributed by atoms with Crippen molar-refractivity contribution in [3.8, 4) is 0 Å². The highest BCUT2D eigenvalue weighted by atomic mass is 14.6. The van der Waals surface area contributed by atoms with E-state index in [9.17, 15) is 0 Å². The van der Waals surface area contributed by atoms with Gasteiger partial charge in [-0.15, -0.1) is 0 Å². The van der Waals surface area contributed by atoms with Crippen LogP contribution in [0.4, 0.5) is 0 Å². The van der Waals surface area contributed by atoms with Gasteiger partial charge < -0.3 is 5.73 Å². The molecule has 78 valence electrons. The SMILES string of the molecule is CC(N)CC(C)C1CCCC(C)C1. The molecule has 1 nitrogen and oxygen atoms in total. The normalized spacial score (nSPS) is 34.2. The Kier molecular flexibility index (Phi) is 4.24. The second-order valence-electron chi connectivity index (χ2n) is 5.22. The first-order chi connectivity index (χ1) is 6.09. The van der Waals surface area contributed by atoms with Gasteiger partial charge in [0.15, 0.2) is 0 Å².